The Hall–Kier alpha value is -2.43. The summed E-state index contributed by atoms with van der Waals surface area (Å²) < 4.78 is 17.8. The van der Waals surface area contributed by atoms with Gasteiger partial charge in [-0.05, 0) is 41.7 Å². The van der Waals surface area contributed by atoms with Crippen molar-refractivity contribution in [2.75, 3.05) is 19.8 Å². The van der Waals surface area contributed by atoms with Crippen molar-refractivity contribution in [2.45, 2.75) is 63.4 Å². The maximum atomic E-state index is 10.4. The first-order valence-electron chi connectivity index (χ1n) is 11.4. The quantitative estimate of drug-likeness (QED) is 0.689. The molecule has 0 aliphatic carbocycles. The second-order valence-electron chi connectivity index (χ2n) is 8.66. The Morgan fingerprint density at radius 2 is 1.94 bits per heavy atom. The lowest BCUT2D eigenvalue weighted by Gasteiger charge is -2.34. The second-order valence-corrected chi connectivity index (χ2v) is 8.66. The number of nitrogens with zero attached hydrogens (tertiary/aromatic N) is 1. The average Bonchev–Trinajstić information content (AvgIpc) is 3.33. The summed E-state index contributed by atoms with van der Waals surface area (Å²) in [6.07, 6.45) is 1.75. The van der Waals surface area contributed by atoms with Crippen LogP contribution in [-0.2, 0) is 22.3 Å². The summed E-state index contributed by atoms with van der Waals surface area (Å²) >= 11 is 0. The summed E-state index contributed by atoms with van der Waals surface area (Å²) in [5, 5.41) is 29.8. The number of hydrogen-bond acceptors (Lipinski definition) is 6. The van der Waals surface area contributed by atoms with E-state index < -0.39 is 18.3 Å². The molecule has 2 N–H and O–H groups in total. The lowest BCUT2D eigenvalue weighted by Crippen LogP contribution is -2.34. The van der Waals surface area contributed by atoms with Crippen molar-refractivity contribution in [3.8, 4) is 11.8 Å². The van der Waals surface area contributed by atoms with Gasteiger partial charge in [-0.2, -0.15) is 5.26 Å². The predicted molar refractivity (Wildman–Crippen MR) is 120 cm³/mol. The Morgan fingerprint density at radius 3 is 2.59 bits per heavy atom. The van der Waals surface area contributed by atoms with E-state index >= 15 is 0 Å². The first-order chi connectivity index (χ1) is 15.6. The minimum atomic E-state index is -0.561. The molecule has 32 heavy (non-hydrogen) atoms. The van der Waals surface area contributed by atoms with E-state index in [1.165, 1.54) is 5.56 Å². The van der Waals surface area contributed by atoms with Gasteiger partial charge >= 0.3 is 0 Å². The van der Waals surface area contributed by atoms with Crippen molar-refractivity contribution < 1.29 is 24.4 Å². The van der Waals surface area contributed by atoms with Crippen LogP contribution in [0.3, 0.4) is 0 Å². The Morgan fingerprint density at radius 1 is 1.16 bits per heavy atom. The van der Waals surface area contributed by atoms with E-state index in [2.05, 4.69) is 37.3 Å². The van der Waals surface area contributed by atoms with E-state index in [1.807, 2.05) is 6.07 Å². The molecule has 2 aliphatic rings. The lowest BCUT2D eigenvalue weighted by molar-refractivity contribution is -0.114. The van der Waals surface area contributed by atoms with Crippen LogP contribution in [0.2, 0.25) is 0 Å². The number of aliphatic hydroxyl groups excluding tert-OH is 2. The molecule has 2 aromatic rings. The lowest BCUT2D eigenvalue weighted by atomic mass is 9.91. The molecule has 2 aromatic carbocycles. The van der Waals surface area contributed by atoms with Crippen LogP contribution < -0.4 is 4.74 Å². The molecule has 0 aromatic heterocycles. The molecule has 0 radical (unpaired) electrons. The smallest absolute Gasteiger partial charge is 0.127 e. The van der Waals surface area contributed by atoms with Crippen LogP contribution in [0.25, 0.3) is 0 Å². The summed E-state index contributed by atoms with van der Waals surface area (Å²) in [7, 11) is 0. The molecule has 2 saturated heterocycles. The highest BCUT2D eigenvalue weighted by molar-refractivity contribution is 5.51. The Kier molecular flexibility index (Phi) is 7.44. The van der Waals surface area contributed by atoms with Gasteiger partial charge in [0.2, 0.25) is 0 Å². The molecule has 6 nitrogen and oxygen atoms in total. The van der Waals surface area contributed by atoms with Gasteiger partial charge in [0.25, 0.3) is 0 Å². The van der Waals surface area contributed by atoms with E-state index in [4.69, 9.17) is 14.2 Å². The van der Waals surface area contributed by atoms with Crippen LogP contribution >= 0.6 is 0 Å². The number of rotatable bonds is 7. The third-order valence-corrected chi connectivity index (χ3v) is 6.29. The fraction of sp³-hybridized carbons (Fsp3) is 0.500. The minimum Gasteiger partial charge on any atom is -0.487 e. The van der Waals surface area contributed by atoms with Gasteiger partial charge < -0.3 is 24.4 Å². The fourth-order valence-electron chi connectivity index (χ4n) is 4.45. The molecule has 6 heteroatoms. The van der Waals surface area contributed by atoms with Gasteiger partial charge in [0.05, 0.1) is 49.8 Å². The molecule has 2 heterocycles. The van der Waals surface area contributed by atoms with Gasteiger partial charge in [0, 0.05) is 24.8 Å². The van der Waals surface area contributed by atoms with Crippen LogP contribution in [-0.4, -0.2) is 48.3 Å². The molecule has 2 aliphatic heterocycles. The Labute approximate surface area is 189 Å². The van der Waals surface area contributed by atoms with Crippen LogP contribution in [0.1, 0.15) is 60.1 Å². The standard InChI is InChI=1S/C26H31NO5/c1-2-17-3-5-18(6-4-17)9-19-10-24(26-13-21(29)12-23(15-28)32-26)25(11-20(19)14-27)31-22-7-8-30-16-22/h3-6,10-11,21-23,26,28-29H,2,7-9,12-13,15-16H2,1H3. The average molecular weight is 438 g/mol. The Bertz CT molecular complexity index is 946. The van der Waals surface area contributed by atoms with Crippen molar-refractivity contribution in [1.82, 2.24) is 0 Å². The largest absolute Gasteiger partial charge is 0.487 e. The van der Waals surface area contributed by atoms with Gasteiger partial charge in [-0.25, -0.2) is 0 Å². The van der Waals surface area contributed by atoms with Crippen molar-refractivity contribution in [1.29, 1.82) is 5.26 Å². The number of benzene rings is 2. The highest BCUT2D eigenvalue weighted by Gasteiger charge is 2.32. The highest BCUT2D eigenvalue weighted by Crippen LogP contribution is 2.39. The Balaban J connectivity index is 1.69. The third-order valence-electron chi connectivity index (χ3n) is 6.29. The van der Waals surface area contributed by atoms with Crippen molar-refractivity contribution in [3.63, 3.8) is 0 Å². The van der Waals surface area contributed by atoms with Crippen LogP contribution in [0.5, 0.6) is 5.75 Å². The maximum Gasteiger partial charge on any atom is 0.127 e. The number of nitriles is 1. The van der Waals surface area contributed by atoms with E-state index in [0.717, 1.165) is 29.5 Å². The zero-order valence-electron chi connectivity index (χ0n) is 18.5. The van der Waals surface area contributed by atoms with Crippen LogP contribution in [0.4, 0.5) is 0 Å². The summed E-state index contributed by atoms with van der Waals surface area (Å²) in [6.45, 7) is 3.15. The topological polar surface area (TPSA) is 91.9 Å². The second kappa shape index (κ2) is 10.5. The molecule has 4 atom stereocenters. The zero-order chi connectivity index (χ0) is 22.5. The summed E-state index contributed by atoms with van der Waals surface area (Å²) in [4.78, 5) is 0. The normalized spacial score (nSPS) is 25.4. The van der Waals surface area contributed by atoms with Gasteiger partial charge in [-0.1, -0.05) is 31.2 Å². The molecular formula is C26H31NO5. The molecule has 0 bridgehead atoms. The molecule has 2 fully saturated rings. The van der Waals surface area contributed by atoms with Gasteiger partial charge in [0.15, 0.2) is 0 Å². The summed E-state index contributed by atoms with van der Waals surface area (Å²) in [5.74, 6) is 0.595. The highest BCUT2D eigenvalue weighted by atomic mass is 16.5. The van der Waals surface area contributed by atoms with Crippen molar-refractivity contribution in [2.24, 2.45) is 0 Å². The van der Waals surface area contributed by atoms with Gasteiger partial charge in [-0.3, -0.25) is 0 Å². The summed E-state index contributed by atoms with van der Waals surface area (Å²) in [5.41, 5.74) is 4.68. The fourth-order valence-corrected chi connectivity index (χ4v) is 4.45. The molecule has 0 saturated carbocycles. The third kappa shape index (κ3) is 5.31. The molecule has 0 amide bonds. The predicted octanol–water partition coefficient (Wildman–Crippen LogP) is 3.45. The summed E-state index contributed by atoms with van der Waals surface area (Å²) in [6, 6.07) is 14.5. The van der Waals surface area contributed by atoms with E-state index in [9.17, 15) is 15.5 Å². The van der Waals surface area contributed by atoms with E-state index in [0.29, 0.717) is 43.8 Å². The number of aryl methyl sites for hydroxylation is 1. The maximum absolute atomic E-state index is 10.4. The SMILES string of the molecule is CCc1ccc(Cc2cc(C3CC(O)CC(CO)O3)c(OC3CCOC3)cc2C#N)cc1. The van der Waals surface area contributed by atoms with E-state index in [-0.39, 0.29) is 12.7 Å². The monoisotopic (exact) mass is 437 g/mol. The van der Waals surface area contributed by atoms with E-state index in [1.54, 1.807) is 6.07 Å². The van der Waals surface area contributed by atoms with Crippen molar-refractivity contribution in [3.05, 3.63) is 64.2 Å². The first kappa shape index (κ1) is 22.8. The number of hydrogen-bond donors (Lipinski definition) is 2. The molecule has 4 rings (SSSR count). The van der Waals surface area contributed by atoms with Crippen molar-refractivity contribution >= 4 is 0 Å². The molecule has 4 unspecified atom stereocenters. The van der Waals surface area contributed by atoms with Crippen LogP contribution in [0.15, 0.2) is 36.4 Å². The molecule has 0 spiro atoms. The zero-order valence-corrected chi connectivity index (χ0v) is 18.5. The molecule has 170 valence electrons. The van der Waals surface area contributed by atoms with Gasteiger partial charge in [0.1, 0.15) is 11.9 Å². The number of aliphatic hydroxyl groups is 2. The number of ether oxygens (including phenoxy) is 3. The van der Waals surface area contributed by atoms with Crippen LogP contribution in [0, 0.1) is 11.3 Å². The molecular weight excluding hydrogens is 406 g/mol. The first-order valence-corrected chi connectivity index (χ1v) is 11.4. The minimum absolute atomic E-state index is 0.0742. The van der Waals surface area contributed by atoms with Gasteiger partial charge in [-0.15, -0.1) is 0 Å².